The highest BCUT2D eigenvalue weighted by molar-refractivity contribution is 6.42. The number of carbonyl (C=O) groups excluding carboxylic acids is 2. The number of rotatable bonds is 7. The number of benzene rings is 2. The molecular formula is C21H24Cl2N2O2. The van der Waals surface area contributed by atoms with E-state index in [1.807, 2.05) is 44.2 Å². The van der Waals surface area contributed by atoms with Crippen LogP contribution in [0.4, 0.5) is 0 Å². The molecule has 27 heavy (non-hydrogen) atoms. The molecule has 0 bridgehead atoms. The molecule has 0 aliphatic heterocycles. The fourth-order valence-electron chi connectivity index (χ4n) is 2.99. The predicted molar refractivity (Wildman–Crippen MR) is 110 cm³/mol. The molecule has 4 nitrogen and oxygen atoms in total. The number of amides is 2. The normalized spacial score (nSPS) is 11.7. The minimum atomic E-state index is -0.555. The summed E-state index contributed by atoms with van der Waals surface area (Å²) in [5.41, 5.74) is 2.83. The fraction of sp³-hybridized carbons (Fsp3) is 0.333. The van der Waals surface area contributed by atoms with Crippen LogP contribution in [-0.4, -0.2) is 29.8 Å². The summed E-state index contributed by atoms with van der Waals surface area (Å²) >= 11 is 12.1. The van der Waals surface area contributed by atoms with Crippen LogP contribution < -0.4 is 5.32 Å². The molecule has 2 aromatic carbocycles. The standard InChI is InChI=1S/C21H24Cl2N2O2/c1-4-19(21(27)24-3)25(13-15-9-10-17(22)18(23)11-15)20(26)12-16-8-6-5-7-14(16)2/h5-11,19H,4,12-13H2,1-3H3,(H,24,27)/t19-/m1/s1. The zero-order chi connectivity index (χ0) is 20.0. The Morgan fingerprint density at radius 2 is 1.81 bits per heavy atom. The van der Waals surface area contributed by atoms with E-state index in [9.17, 15) is 9.59 Å². The molecule has 1 N–H and O–H groups in total. The second-order valence-electron chi connectivity index (χ2n) is 6.41. The van der Waals surface area contributed by atoms with Crippen LogP contribution in [0.1, 0.15) is 30.0 Å². The number of hydrogen-bond donors (Lipinski definition) is 1. The summed E-state index contributed by atoms with van der Waals surface area (Å²) in [6.07, 6.45) is 0.752. The van der Waals surface area contributed by atoms with Gasteiger partial charge in [0.25, 0.3) is 0 Å². The average molecular weight is 407 g/mol. The molecule has 2 amide bonds. The summed E-state index contributed by atoms with van der Waals surface area (Å²) in [4.78, 5) is 27.1. The van der Waals surface area contributed by atoms with E-state index in [1.165, 1.54) is 0 Å². The molecule has 0 aromatic heterocycles. The Hall–Kier alpha value is -2.04. The lowest BCUT2D eigenvalue weighted by molar-refractivity contribution is -0.140. The Morgan fingerprint density at radius 1 is 1.11 bits per heavy atom. The third kappa shape index (κ3) is 5.47. The SMILES string of the molecule is CC[C@H](C(=O)NC)N(Cc1ccc(Cl)c(Cl)c1)C(=O)Cc1ccccc1C. The lowest BCUT2D eigenvalue weighted by Gasteiger charge is -2.30. The number of nitrogens with zero attached hydrogens (tertiary/aromatic N) is 1. The maximum atomic E-state index is 13.1. The van der Waals surface area contributed by atoms with E-state index in [4.69, 9.17) is 23.2 Å². The van der Waals surface area contributed by atoms with E-state index < -0.39 is 6.04 Å². The van der Waals surface area contributed by atoms with Crippen molar-refractivity contribution in [3.63, 3.8) is 0 Å². The first kappa shape index (κ1) is 21.3. The monoisotopic (exact) mass is 406 g/mol. The molecule has 6 heteroatoms. The summed E-state index contributed by atoms with van der Waals surface area (Å²) < 4.78 is 0. The molecule has 0 saturated carbocycles. The lowest BCUT2D eigenvalue weighted by atomic mass is 10.0. The van der Waals surface area contributed by atoms with Crippen LogP contribution in [0.5, 0.6) is 0 Å². The van der Waals surface area contributed by atoms with Crippen molar-refractivity contribution in [2.75, 3.05) is 7.05 Å². The molecule has 0 aliphatic rings. The highest BCUT2D eigenvalue weighted by Gasteiger charge is 2.28. The van der Waals surface area contributed by atoms with Crippen molar-refractivity contribution in [1.29, 1.82) is 0 Å². The average Bonchev–Trinajstić information content (AvgIpc) is 2.65. The van der Waals surface area contributed by atoms with E-state index in [-0.39, 0.29) is 24.8 Å². The maximum Gasteiger partial charge on any atom is 0.242 e. The summed E-state index contributed by atoms with van der Waals surface area (Å²) in [5, 5.41) is 3.53. The number of carbonyl (C=O) groups is 2. The van der Waals surface area contributed by atoms with Gasteiger partial charge < -0.3 is 10.2 Å². The summed E-state index contributed by atoms with van der Waals surface area (Å²) in [6, 6.07) is 12.5. The Labute approximate surface area is 170 Å². The van der Waals surface area contributed by atoms with Crippen molar-refractivity contribution in [1.82, 2.24) is 10.2 Å². The smallest absolute Gasteiger partial charge is 0.242 e. The Morgan fingerprint density at radius 3 is 2.41 bits per heavy atom. The van der Waals surface area contributed by atoms with E-state index in [0.717, 1.165) is 16.7 Å². The van der Waals surface area contributed by atoms with Gasteiger partial charge in [0.05, 0.1) is 16.5 Å². The van der Waals surface area contributed by atoms with E-state index >= 15 is 0 Å². The van der Waals surface area contributed by atoms with Gasteiger partial charge in [-0.2, -0.15) is 0 Å². The van der Waals surface area contributed by atoms with Crippen molar-refractivity contribution < 1.29 is 9.59 Å². The van der Waals surface area contributed by atoms with E-state index in [1.54, 1.807) is 24.1 Å². The maximum absolute atomic E-state index is 13.1. The largest absolute Gasteiger partial charge is 0.357 e. The predicted octanol–water partition coefficient (Wildman–Crippen LogP) is 4.40. The summed E-state index contributed by atoms with van der Waals surface area (Å²) in [7, 11) is 1.58. The highest BCUT2D eigenvalue weighted by atomic mass is 35.5. The number of halogens is 2. The van der Waals surface area contributed by atoms with Crippen molar-refractivity contribution in [3.8, 4) is 0 Å². The highest BCUT2D eigenvalue weighted by Crippen LogP contribution is 2.24. The van der Waals surface area contributed by atoms with Gasteiger partial charge in [-0.25, -0.2) is 0 Å². The minimum Gasteiger partial charge on any atom is -0.357 e. The fourth-order valence-corrected chi connectivity index (χ4v) is 3.31. The zero-order valence-electron chi connectivity index (χ0n) is 15.8. The molecule has 2 rings (SSSR count). The number of likely N-dealkylation sites (N-methyl/N-ethyl adjacent to an activating group) is 1. The van der Waals surface area contributed by atoms with Crippen LogP contribution in [0.3, 0.4) is 0 Å². The molecule has 0 fully saturated rings. The third-order valence-electron chi connectivity index (χ3n) is 4.57. The number of hydrogen-bond acceptors (Lipinski definition) is 2. The van der Waals surface area contributed by atoms with Gasteiger partial charge in [0.2, 0.25) is 11.8 Å². The molecule has 0 unspecified atom stereocenters. The Kier molecular flexibility index (Phi) is 7.69. The van der Waals surface area contributed by atoms with Gasteiger partial charge in [-0.3, -0.25) is 9.59 Å². The minimum absolute atomic E-state index is 0.106. The quantitative estimate of drug-likeness (QED) is 0.740. The van der Waals surface area contributed by atoms with Crippen LogP contribution in [0.15, 0.2) is 42.5 Å². The van der Waals surface area contributed by atoms with Gasteiger partial charge in [-0.05, 0) is 42.2 Å². The van der Waals surface area contributed by atoms with Gasteiger partial charge in [-0.1, -0.05) is 60.5 Å². The van der Waals surface area contributed by atoms with Gasteiger partial charge in [0.15, 0.2) is 0 Å². The van der Waals surface area contributed by atoms with Crippen molar-refractivity contribution >= 4 is 35.0 Å². The molecule has 0 heterocycles. The second-order valence-corrected chi connectivity index (χ2v) is 7.23. The summed E-state index contributed by atoms with van der Waals surface area (Å²) in [5.74, 6) is -0.290. The first-order valence-electron chi connectivity index (χ1n) is 8.86. The van der Waals surface area contributed by atoms with Crippen LogP contribution in [0, 0.1) is 6.92 Å². The Balaban J connectivity index is 2.33. The second kappa shape index (κ2) is 9.77. The van der Waals surface area contributed by atoms with Gasteiger partial charge in [-0.15, -0.1) is 0 Å². The Bertz CT molecular complexity index is 824. The van der Waals surface area contributed by atoms with Crippen molar-refractivity contribution in [2.45, 2.75) is 39.3 Å². The van der Waals surface area contributed by atoms with Crippen LogP contribution in [0.25, 0.3) is 0 Å². The van der Waals surface area contributed by atoms with E-state index in [2.05, 4.69) is 5.32 Å². The topological polar surface area (TPSA) is 49.4 Å². The molecule has 2 aromatic rings. The van der Waals surface area contributed by atoms with Gasteiger partial charge in [0.1, 0.15) is 6.04 Å². The number of nitrogens with one attached hydrogen (secondary N) is 1. The van der Waals surface area contributed by atoms with Crippen LogP contribution in [0.2, 0.25) is 10.0 Å². The van der Waals surface area contributed by atoms with Crippen molar-refractivity contribution in [2.24, 2.45) is 0 Å². The molecule has 0 aliphatic carbocycles. The molecule has 0 saturated heterocycles. The molecular weight excluding hydrogens is 383 g/mol. The lowest BCUT2D eigenvalue weighted by Crippen LogP contribution is -2.48. The molecule has 0 radical (unpaired) electrons. The van der Waals surface area contributed by atoms with Crippen molar-refractivity contribution in [3.05, 3.63) is 69.2 Å². The first-order chi connectivity index (χ1) is 12.9. The molecule has 1 atom stereocenters. The van der Waals surface area contributed by atoms with Crippen LogP contribution in [-0.2, 0) is 22.6 Å². The number of aryl methyl sites for hydroxylation is 1. The van der Waals surface area contributed by atoms with E-state index in [0.29, 0.717) is 16.5 Å². The summed E-state index contributed by atoms with van der Waals surface area (Å²) in [6.45, 7) is 4.15. The van der Waals surface area contributed by atoms with Crippen LogP contribution >= 0.6 is 23.2 Å². The zero-order valence-corrected chi connectivity index (χ0v) is 17.3. The first-order valence-corrected chi connectivity index (χ1v) is 9.62. The van der Waals surface area contributed by atoms with Gasteiger partial charge >= 0.3 is 0 Å². The molecule has 0 spiro atoms. The third-order valence-corrected chi connectivity index (χ3v) is 5.31. The molecule has 144 valence electrons. The van der Waals surface area contributed by atoms with Gasteiger partial charge in [0, 0.05) is 13.6 Å².